The molecule has 1 saturated heterocycles. The molecule has 0 spiro atoms. The van der Waals surface area contributed by atoms with E-state index < -0.39 is 15.9 Å². The SMILES string of the molecule is COCCOC(=O)NC[C@H]1CCS(=O)(=O)C1. The van der Waals surface area contributed by atoms with E-state index in [9.17, 15) is 13.2 Å². The van der Waals surface area contributed by atoms with Crippen LogP contribution in [-0.2, 0) is 19.3 Å². The van der Waals surface area contributed by atoms with Crippen LogP contribution < -0.4 is 5.32 Å². The van der Waals surface area contributed by atoms with Crippen LogP contribution in [0.15, 0.2) is 0 Å². The first kappa shape index (κ1) is 13.2. The number of alkyl carbamates (subject to hydrolysis) is 1. The minimum Gasteiger partial charge on any atom is -0.447 e. The molecule has 0 saturated carbocycles. The molecule has 7 heteroatoms. The smallest absolute Gasteiger partial charge is 0.407 e. The van der Waals surface area contributed by atoms with Gasteiger partial charge in [0.1, 0.15) is 6.61 Å². The van der Waals surface area contributed by atoms with Crippen LogP contribution in [0.25, 0.3) is 0 Å². The van der Waals surface area contributed by atoms with E-state index in [1.165, 1.54) is 7.11 Å². The van der Waals surface area contributed by atoms with E-state index in [-0.39, 0.29) is 24.0 Å². The molecule has 0 unspecified atom stereocenters. The molecule has 1 rings (SSSR count). The molecule has 1 fully saturated rings. The van der Waals surface area contributed by atoms with Gasteiger partial charge in [0, 0.05) is 13.7 Å². The largest absolute Gasteiger partial charge is 0.447 e. The Kier molecular flexibility index (Phi) is 5.01. The van der Waals surface area contributed by atoms with Gasteiger partial charge in [0.25, 0.3) is 0 Å². The van der Waals surface area contributed by atoms with E-state index in [4.69, 9.17) is 9.47 Å². The second-order valence-electron chi connectivity index (χ2n) is 3.78. The summed E-state index contributed by atoms with van der Waals surface area (Å²) in [7, 11) is -1.36. The Bertz CT molecular complexity index is 327. The lowest BCUT2D eigenvalue weighted by molar-refractivity contribution is 0.0979. The first-order chi connectivity index (χ1) is 7.53. The van der Waals surface area contributed by atoms with Crippen LogP contribution in [-0.4, -0.2) is 52.9 Å². The third-order valence-electron chi connectivity index (χ3n) is 2.38. The second-order valence-corrected chi connectivity index (χ2v) is 6.01. The predicted molar refractivity (Wildman–Crippen MR) is 58.0 cm³/mol. The van der Waals surface area contributed by atoms with E-state index in [0.717, 1.165) is 0 Å². The molecular formula is C9H17NO5S. The van der Waals surface area contributed by atoms with Gasteiger partial charge in [-0.1, -0.05) is 0 Å². The summed E-state index contributed by atoms with van der Waals surface area (Å²) in [5, 5.41) is 2.54. The molecule has 0 aromatic carbocycles. The number of sulfone groups is 1. The van der Waals surface area contributed by atoms with Crippen LogP contribution in [0.1, 0.15) is 6.42 Å². The Balaban J connectivity index is 2.13. The van der Waals surface area contributed by atoms with E-state index in [1.54, 1.807) is 0 Å². The summed E-state index contributed by atoms with van der Waals surface area (Å²) in [6.07, 6.45) is 0.0853. The number of carbonyl (C=O) groups excluding carboxylic acids is 1. The standard InChI is InChI=1S/C9H17NO5S/c1-14-3-4-15-9(11)10-6-8-2-5-16(12,13)7-8/h8H,2-7H2,1H3,(H,10,11)/t8-/m1/s1. The molecule has 6 nitrogen and oxygen atoms in total. The van der Waals surface area contributed by atoms with Gasteiger partial charge in [0.2, 0.25) is 0 Å². The Morgan fingerprint density at radius 1 is 1.44 bits per heavy atom. The fraction of sp³-hybridized carbons (Fsp3) is 0.889. The van der Waals surface area contributed by atoms with Crippen molar-refractivity contribution in [3.63, 3.8) is 0 Å². The lowest BCUT2D eigenvalue weighted by Gasteiger charge is -2.09. The number of hydrogen-bond acceptors (Lipinski definition) is 5. The number of carbonyl (C=O) groups is 1. The van der Waals surface area contributed by atoms with E-state index in [0.29, 0.717) is 19.6 Å². The molecule has 1 heterocycles. The fourth-order valence-corrected chi connectivity index (χ4v) is 3.39. The minimum absolute atomic E-state index is 0.0139. The molecular weight excluding hydrogens is 234 g/mol. The van der Waals surface area contributed by atoms with Crippen molar-refractivity contribution < 1.29 is 22.7 Å². The van der Waals surface area contributed by atoms with Gasteiger partial charge in [-0.2, -0.15) is 0 Å². The van der Waals surface area contributed by atoms with Crippen molar-refractivity contribution in [3.8, 4) is 0 Å². The molecule has 0 radical (unpaired) electrons. The summed E-state index contributed by atoms with van der Waals surface area (Å²) in [4.78, 5) is 11.1. The first-order valence-corrected chi connectivity index (χ1v) is 6.95. The van der Waals surface area contributed by atoms with Crippen LogP contribution in [0, 0.1) is 5.92 Å². The quantitative estimate of drug-likeness (QED) is 0.684. The van der Waals surface area contributed by atoms with Gasteiger partial charge >= 0.3 is 6.09 Å². The Labute approximate surface area is 95.2 Å². The molecule has 1 aliphatic rings. The van der Waals surface area contributed by atoms with Crippen LogP contribution >= 0.6 is 0 Å². The molecule has 1 N–H and O–H groups in total. The van der Waals surface area contributed by atoms with Crippen molar-refractivity contribution in [1.29, 1.82) is 0 Å². The molecule has 0 bridgehead atoms. The highest BCUT2D eigenvalue weighted by Crippen LogP contribution is 2.17. The zero-order chi connectivity index (χ0) is 12.0. The third kappa shape index (κ3) is 4.80. The van der Waals surface area contributed by atoms with E-state index in [1.807, 2.05) is 0 Å². The third-order valence-corrected chi connectivity index (χ3v) is 4.22. The van der Waals surface area contributed by atoms with Crippen molar-refractivity contribution in [2.75, 3.05) is 38.4 Å². The zero-order valence-corrected chi connectivity index (χ0v) is 10.1. The summed E-state index contributed by atoms with van der Waals surface area (Å²) < 4.78 is 31.8. The zero-order valence-electron chi connectivity index (χ0n) is 9.27. The minimum atomic E-state index is -2.88. The average molecular weight is 251 g/mol. The van der Waals surface area contributed by atoms with Gasteiger partial charge in [-0.3, -0.25) is 0 Å². The Morgan fingerprint density at radius 3 is 2.75 bits per heavy atom. The molecule has 94 valence electrons. The van der Waals surface area contributed by atoms with E-state index in [2.05, 4.69) is 5.32 Å². The van der Waals surface area contributed by atoms with Crippen molar-refractivity contribution in [2.24, 2.45) is 5.92 Å². The second kappa shape index (κ2) is 6.05. The highest BCUT2D eigenvalue weighted by Gasteiger charge is 2.27. The maximum atomic E-state index is 11.1. The molecule has 16 heavy (non-hydrogen) atoms. The van der Waals surface area contributed by atoms with Gasteiger partial charge in [-0.15, -0.1) is 0 Å². The van der Waals surface area contributed by atoms with Gasteiger partial charge in [0.05, 0.1) is 18.1 Å². The summed E-state index contributed by atoms with van der Waals surface area (Å²) in [6.45, 7) is 0.904. The van der Waals surface area contributed by atoms with Crippen LogP contribution in [0.5, 0.6) is 0 Å². The number of amides is 1. The normalized spacial score (nSPS) is 22.9. The first-order valence-electron chi connectivity index (χ1n) is 5.13. The molecule has 0 aromatic rings. The van der Waals surface area contributed by atoms with Crippen molar-refractivity contribution in [2.45, 2.75) is 6.42 Å². The predicted octanol–water partition coefficient (Wildman–Crippen LogP) is -0.206. The molecule has 1 atom stereocenters. The van der Waals surface area contributed by atoms with Gasteiger partial charge in [0.15, 0.2) is 9.84 Å². The van der Waals surface area contributed by atoms with Crippen LogP contribution in [0.2, 0.25) is 0 Å². The average Bonchev–Trinajstić information content (AvgIpc) is 2.56. The van der Waals surface area contributed by atoms with Crippen molar-refractivity contribution in [3.05, 3.63) is 0 Å². The molecule has 0 aliphatic carbocycles. The molecule has 0 aromatic heterocycles. The summed E-state index contributed by atoms with van der Waals surface area (Å²) >= 11 is 0. The summed E-state index contributed by atoms with van der Waals surface area (Å²) in [6, 6.07) is 0. The number of hydrogen-bond donors (Lipinski definition) is 1. The highest BCUT2D eigenvalue weighted by atomic mass is 32.2. The van der Waals surface area contributed by atoms with Crippen molar-refractivity contribution in [1.82, 2.24) is 5.32 Å². The number of ether oxygens (including phenoxy) is 2. The summed E-state index contributed by atoms with van der Waals surface area (Å²) in [5.41, 5.74) is 0. The number of nitrogens with one attached hydrogen (secondary N) is 1. The summed E-state index contributed by atoms with van der Waals surface area (Å²) in [5.74, 6) is 0.392. The van der Waals surface area contributed by atoms with Crippen LogP contribution in [0.3, 0.4) is 0 Å². The lowest BCUT2D eigenvalue weighted by Crippen LogP contribution is -2.31. The van der Waals surface area contributed by atoms with Crippen molar-refractivity contribution >= 4 is 15.9 Å². The lowest BCUT2D eigenvalue weighted by atomic mass is 10.1. The Morgan fingerprint density at radius 2 is 2.19 bits per heavy atom. The number of methoxy groups -OCH3 is 1. The maximum Gasteiger partial charge on any atom is 0.407 e. The highest BCUT2D eigenvalue weighted by molar-refractivity contribution is 7.91. The van der Waals surface area contributed by atoms with E-state index >= 15 is 0 Å². The van der Waals surface area contributed by atoms with Gasteiger partial charge in [-0.05, 0) is 12.3 Å². The fourth-order valence-electron chi connectivity index (χ4n) is 1.53. The number of rotatable bonds is 5. The topological polar surface area (TPSA) is 81.7 Å². The van der Waals surface area contributed by atoms with Crippen LogP contribution in [0.4, 0.5) is 4.79 Å². The van der Waals surface area contributed by atoms with Gasteiger partial charge in [-0.25, -0.2) is 13.2 Å². The molecule has 1 amide bonds. The Hall–Kier alpha value is -0.820. The monoisotopic (exact) mass is 251 g/mol. The molecule has 1 aliphatic heterocycles. The van der Waals surface area contributed by atoms with Gasteiger partial charge < -0.3 is 14.8 Å². The maximum absolute atomic E-state index is 11.1.